The van der Waals surface area contributed by atoms with E-state index in [1.165, 1.54) is 7.11 Å². The van der Waals surface area contributed by atoms with Gasteiger partial charge in [0.1, 0.15) is 16.5 Å². The summed E-state index contributed by atoms with van der Waals surface area (Å²) in [4.78, 5) is 0. The predicted octanol–water partition coefficient (Wildman–Crippen LogP) is 3.07. The van der Waals surface area contributed by atoms with Gasteiger partial charge in [0.15, 0.2) is 0 Å². The Labute approximate surface area is 100 Å². The monoisotopic (exact) mass is 239 g/mol. The van der Waals surface area contributed by atoms with E-state index in [4.69, 9.17) is 21.6 Å². The molecule has 1 rings (SSSR count). The summed E-state index contributed by atoms with van der Waals surface area (Å²) in [6.45, 7) is 1.99. The highest BCUT2D eigenvalue weighted by atomic mass is 35.5. The zero-order valence-corrected chi connectivity index (χ0v) is 10.1. The molecule has 0 saturated heterocycles. The van der Waals surface area contributed by atoms with Gasteiger partial charge in [-0.25, -0.2) is 0 Å². The number of rotatable bonds is 4. The second-order valence-corrected chi connectivity index (χ2v) is 3.78. The second kappa shape index (κ2) is 5.62. The number of ether oxygens (including phenoxy) is 1. The number of benzene rings is 1. The minimum atomic E-state index is 0.0194. The smallest absolute Gasteiger partial charge is 0.144 e. The van der Waals surface area contributed by atoms with Gasteiger partial charge >= 0.3 is 0 Å². The first-order chi connectivity index (χ1) is 7.65. The molecule has 0 aromatic heterocycles. The summed E-state index contributed by atoms with van der Waals surface area (Å²) in [6, 6.07) is 3.89. The van der Waals surface area contributed by atoms with Crippen LogP contribution in [-0.4, -0.2) is 12.2 Å². The van der Waals surface area contributed by atoms with Crippen molar-refractivity contribution in [2.24, 2.45) is 0 Å². The van der Waals surface area contributed by atoms with Crippen LogP contribution in [0, 0.1) is 11.3 Å². The molecule has 0 radical (unpaired) electrons. The van der Waals surface area contributed by atoms with Crippen LogP contribution in [0.2, 0.25) is 5.02 Å². The van der Waals surface area contributed by atoms with E-state index in [2.05, 4.69) is 0 Å². The Morgan fingerprint density at radius 3 is 2.69 bits per heavy atom. The third kappa shape index (κ3) is 2.40. The van der Waals surface area contributed by atoms with Crippen molar-refractivity contribution in [2.45, 2.75) is 26.2 Å². The van der Waals surface area contributed by atoms with Crippen LogP contribution in [0.5, 0.6) is 11.5 Å². The Kier molecular flexibility index (Phi) is 4.45. The van der Waals surface area contributed by atoms with E-state index < -0.39 is 0 Å². The number of phenolic OH excluding ortho intramolecular Hbond substituents is 1. The van der Waals surface area contributed by atoms with Crippen molar-refractivity contribution < 1.29 is 9.84 Å². The van der Waals surface area contributed by atoms with Crippen molar-refractivity contribution >= 4 is 11.6 Å². The van der Waals surface area contributed by atoms with E-state index in [1.807, 2.05) is 19.1 Å². The highest BCUT2D eigenvalue weighted by molar-refractivity contribution is 6.33. The fraction of sp³-hybridized carbons (Fsp3) is 0.417. The van der Waals surface area contributed by atoms with Gasteiger partial charge in [0, 0.05) is 6.42 Å². The van der Waals surface area contributed by atoms with Gasteiger partial charge in [-0.3, -0.25) is 0 Å². The lowest BCUT2D eigenvalue weighted by atomic mass is 10.0. The zero-order chi connectivity index (χ0) is 12.1. The van der Waals surface area contributed by atoms with Gasteiger partial charge in [0.2, 0.25) is 0 Å². The van der Waals surface area contributed by atoms with Gasteiger partial charge in [-0.1, -0.05) is 18.5 Å². The van der Waals surface area contributed by atoms with Crippen LogP contribution in [0.1, 0.15) is 24.5 Å². The van der Waals surface area contributed by atoms with Gasteiger partial charge in [-0.15, -0.1) is 0 Å². The number of nitrogens with zero attached hydrogens (tertiary/aromatic N) is 1. The Balaban J connectivity index is 3.22. The number of nitriles is 1. The first-order valence-electron chi connectivity index (χ1n) is 5.09. The van der Waals surface area contributed by atoms with Crippen LogP contribution in [0.3, 0.4) is 0 Å². The third-order valence-corrected chi connectivity index (χ3v) is 2.79. The standard InChI is InChI=1S/C12H14ClNO2/c1-3-8-7-9(5-4-6-14)11(15)10(13)12(8)16-2/h7,15H,3-5H2,1-2H3. The maximum absolute atomic E-state index is 9.83. The Morgan fingerprint density at radius 2 is 2.19 bits per heavy atom. The molecule has 0 unspecified atom stereocenters. The molecule has 86 valence electrons. The molecule has 3 nitrogen and oxygen atoms in total. The zero-order valence-electron chi connectivity index (χ0n) is 9.38. The minimum Gasteiger partial charge on any atom is -0.506 e. The van der Waals surface area contributed by atoms with E-state index in [9.17, 15) is 5.11 Å². The van der Waals surface area contributed by atoms with Crippen molar-refractivity contribution in [1.82, 2.24) is 0 Å². The number of hydrogen-bond acceptors (Lipinski definition) is 3. The summed E-state index contributed by atoms with van der Waals surface area (Å²) in [7, 11) is 1.52. The molecule has 0 spiro atoms. The minimum absolute atomic E-state index is 0.0194. The summed E-state index contributed by atoms with van der Waals surface area (Å²) in [6.07, 6.45) is 1.63. The van der Waals surface area contributed by atoms with Crippen LogP contribution in [0.25, 0.3) is 0 Å². The third-order valence-electron chi connectivity index (χ3n) is 2.44. The molecule has 0 amide bonds. The summed E-state index contributed by atoms with van der Waals surface area (Å²) < 4.78 is 5.15. The largest absolute Gasteiger partial charge is 0.506 e. The van der Waals surface area contributed by atoms with Crippen molar-refractivity contribution in [1.29, 1.82) is 5.26 Å². The summed E-state index contributed by atoms with van der Waals surface area (Å²) in [5.74, 6) is 0.536. The maximum Gasteiger partial charge on any atom is 0.144 e. The Hall–Kier alpha value is -1.40. The van der Waals surface area contributed by atoms with Crippen LogP contribution in [0.4, 0.5) is 0 Å². The van der Waals surface area contributed by atoms with Crippen molar-refractivity contribution in [3.05, 3.63) is 22.2 Å². The highest BCUT2D eigenvalue weighted by Gasteiger charge is 2.15. The fourth-order valence-corrected chi connectivity index (χ4v) is 1.92. The van der Waals surface area contributed by atoms with E-state index in [0.29, 0.717) is 24.2 Å². The number of aryl methyl sites for hydroxylation is 2. The number of phenols is 1. The molecule has 1 N–H and O–H groups in total. The molecular formula is C12H14ClNO2. The summed E-state index contributed by atoms with van der Waals surface area (Å²) in [5.41, 5.74) is 1.64. The number of methoxy groups -OCH3 is 1. The van der Waals surface area contributed by atoms with Gasteiger partial charge in [-0.2, -0.15) is 5.26 Å². The number of hydrogen-bond donors (Lipinski definition) is 1. The topological polar surface area (TPSA) is 53.2 Å². The molecule has 1 aromatic rings. The van der Waals surface area contributed by atoms with Gasteiger partial charge < -0.3 is 9.84 Å². The van der Waals surface area contributed by atoms with Gasteiger partial charge in [0.05, 0.1) is 13.2 Å². The Morgan fingerprint density at radius 1 is 1.50 bits per heavy atom. The molecule has 0 aliphatic carbocycles. The molecule has 1 aromatic carbocycles. The molecule has 4 heteroatoms. The normalized spacial score (nSPS) is 9.88. The molecule has 16 heavy (non-hydrogen) atoms. The lowest BCUT2D eigenvalue weighted by Crippen LogP contribution is -1.96. The average Bonchev–Trinajstić information content (AvgIpc) is 2.30. The van der Waals surface area contributed by atoms with E-state index in [1.54, 1.807) is 0 Å². The first-order valence-corrected chi connectivity index (χ1v) is 5.47. The van der Waals surface area contributed by atoms with Crippen molar-refractivity contribution in [3.8, 4) is 17.6 Å². The van der Waals surface area contributed by atoms with Crippen LogP contribution >= 0.6 is 11.6 Å². The number of aromatic hydroxyl groups is 1. The predicted molar refractivity (Wildman–Crippen MR) is 63.0 cm³/mol. The second-order valence-electron chi connectivity index (χ2n) is 3.40. The molecule has 0 heterocycles. The first kappa shape index (κ1) is 12.7. The SMILES string of the molecule is CCc1cc(CCC#N)c(O)c(Cl)c1OC. The molecular weight excluding hydrogens is 226 g/mol. The molecule has 0 atom stereocenters. The van der Waals surface area contributed by atoms with Crippen molar-refractivity contribution in [3.63, 3.8) is 0 Å². The van der Waals surface area contributed by atoms with Crippen LogP contribution < -0.4 is 4.74 Å². The van der Waals surface area contributed by atoms with Gasteiger partial charge in [0.25, 0.3) is 0 Å². The van der Waals surface area contributed by atoms with E-state index >= 15 is 0 Å². The van der Waals surface area contributed by atoms with E-state index in [-0.39, 0.29) is 10.8 Å². The molecule has 0 saturated carbocycles. The lowest BCUT2D eigenvalue weighted by Gasteiger charge is -2.13. The highest BCUT2D eigenvalue weighted by Crippen LogP contribution is 2.39. The lowest BCUT2D eigenvalue weighted by molar-refractivity contribution is 0.402. The molecule has 0 aliphatic rings. The van der Waals surface area contributed by atoms with Crippen molar-refractivity contribution in [2.75, 3.05) is 7.11 Å². The number of halogens is 1. The van der Waals surface area contributed by atoms with E-state index in [0.717, 1.165) is 12.0 Å². The molecule has 0 bridgehead atoms. The summed E-state index contributed by atoms with van der Waals surface area (Å²) >= 11 is 6.00. The van der Waals surface area contributed by atoms with Gasteiger partial charge in [-0.05, 0) is 30.0 Å². The van der Waals surface area contributed by atoms with Crippen LogP contribution in [-0.2, 0) is 12.8 Å². The average molecular weight is 240 g/mol. The molecule has 0 fully saturated rings. The molecule has 0 aliphatic heterocycles. The Bertz CT molecular complexity index is 424. The quantitative estimate of drug-likeness (QED) is 0.879. The summed E-state index contributed by atoms with van der Waals surface area (Å²) in [5, 5.41) is 18.6. The fourth-order valence-electron chi connectivity index (χ4n) is 1.60. The van der Waals surface area contributed by atoms with Crippen LogP contribution in [0.15, 0.2) is 6.07 Å². The maximum atomic E-state index is 9.83.